The number of Topliss-reactive ketones (excluding diaryl/α,β-unsaturated/α-hetero) is 1. The fraction of sp³-hybridized carbons (Fsp3) is 0.200. The molecule has 0 fully saturated rings. The Kier molecular flexibility index (Phi) is 2.66. The molecular weight excluding hydrogens is 212 g/mol. The van der Waals surface area contributed by atoms with Gasteiger partial charge in [-0.25, -0.2) is 4.98 Å². The summed E-state index contributed by atoms with van der Waals surface area (Å²) < 4.78 is 6.04. The summed E-state index contributed by atoms with van der Waals surface area (Å²) >= 11 is 1.35. The van der Waals surface area contributed by atoms with Crippen LogP contribution in [0.3, 0.4) is 0 Å². The molecule has 4 nitrogen and oxygen atoms in total. The second-order valence-electron chi connectivity index (χ2n) is 2.98. The van der Waals surface area contributed by atoms with Crippen LogP contribution in [0, 0.1) is 0 Å². The third-order valence-corrected chi connectivity index (χ3v) is 3.10. The molecule has 0 spiro atoms. The number of carbonyl (C=O) groups is 1. The molecule has 0 aliphatic rings. The number of thiazole rings is 1. The molecule has 0 saturated carbocycles. The van der Waals surface area contributed by atoms with E-state index in [4.69, 9.17) is 10.5 Å². The Morgan fingerprint density at radius 1 is 1.60 bits per heavy atom. The summed E-state index contributed by atoms with van der Waals surface area (Å²) in [4.78, 5) is 15.5. The number of ketones is 1. The van der Waals surface area contributed by atoms with Crippen molar-refractivity contribution >= 4 is 27.3 Å². The number of benzene rings is 1. The van der Waals surface area contributed by atoms with E-state index < -0.39 is 0 Å². The minimum atomic E-state index is -0.129. The largest absolute Gasteiger partial charge is 0.497 e. The van der Waals surface area contributed by atoms with Crippen molar-refractivity contribution in [1.29, 1.82) is 0 Å². The fourth-order valence-electron chi connectivity index (χ4n) is 1.24. The fourth-order valence-corrected chi connectivity index (χ4v) is 2.14. The highest BCUT2D eigenvalue weighted by Crippen LogP contribution is 2.25. The van der Waals surface area contributed by atoms with E-state index in [0.29, 0.717) is 5.01 Å². The lowest BCUT2D eigenvalue weighted by atomic mass is 10.3. The Balaban J connectivity index is 2.51. The predicted octanol–water partition coefficient (Wildman–Crippen LogP) is 1.45. The Bertz CT molecular complexity index is 507. The highest BCUT2D eigenvalue weighted by Gasteiger charge is 2.10. The molecule has 1 aromatic carbocycles. The van der Waals surface area contributed by atoms with Crippen LogP contribution < -0.4 is 10.5 Å². The van der Waals surface area contributed by atoms with Crippen molar-refractivity contribution < 1.29 is 9.53 Å². The van der Waals surface area contributed by atoms with Crippen LogP contribution in [-0.2, 0) is 0 Å². The number of rotatable bonds is 3. The number of nitrogens with zero attached hydrogens (tertiary/aromatic N) is 1. The Labute approximate surface area is 90.7 Å². The molecule has 0 aliphatic carbocycles. The second-order valence-corrected chi connectivity index (χ2v) is 4.01. The van der Waals surface area contributed by atoms with Crippen LogP contribution in [0.4, 0.5) is 0 Å². The van der Waals surface area contributed by atoms with Gasteiger partial charge in [0, 0.05) is 6.07 Å². The number of carbonyl (C=O) groups excluding carboxylic acids is 1. The highest BCUT2D eigenvalue weighted by molar-refractivity contribution is 7.20. The molecule has 0 saturated heterocycles. The van der Waals surface area contributed by atoms with Crippen LogP contribution in [0.25, 0.3) is 10.2 Å². The van der Waals surface area contributed by atoms with Gasteiger partial charge < -0.3 is 10.5 Å². The van der Waals surface area contributed by atoms with Crippen LogP contribution in [0.1, 0.15) is 9.80 Å². The number of ether oxygens (including phenoxy) is 1. The van der Waals surface area contributed by atoms with E-state index in [2.05, 4.69) is 4.98 Å². The molecule has 0 amide bonds. The molecule has 2 rings (SSSR count). The minimum Gasteiger partial charge on any atom is -0.497 e. The van der Waals surface area contributed by atoms with Gasteiger partial charge in [-0.3, -0.25) is 4.79 Å². The van der Waals surface area contributed by atoms with Gasteiger partial charge in [0.2, 0.25) is 5.78 Å². The maximum absolute atomic E-state index is 11.3. The van der Waals surface area contributed by atoms with E-state index in [1.807, 2.05) is 12.1 Å². The number of hydrogen-bond acceptors (Lipinski definition) is 5. The standard InChI is InChI=1S/C10H10N2O2S/c1-14-6-2-3-9-7(4-6)12-10(15-9)8(13)5-11/h2-4H,5,11H2,1H3. The zero-order valence-corrected chi connectivity index (χ0v) is 9.00. The first-order valence-electron chi connectivity index (χ1n) is 4.42. The summed E-state index contributed by atoms with van der Waals surface area (Å²) in [5, 5.41) is 0.459. The predicted molar refractivity (Wildman–Crippen MR) is 59.6 cm³/mol. The van der Waals surface area contributed by atoms with Crippen LogP contribution in [0.5, 0.6) is 5.75 Å². The van der Waals surface area contributed by atoms with Gasteiger partial charge in [-0.1, -0.05) is 0 Å². The maximum Gasteiger partial charge on any atom is 0.204 e. The number of aromatic nitrogens is 1. The topological polar surface area (TPSA) is 65.2 Å². The lowest BCUT2D eigenvalue weighted by Gasteiger charge is -1.96. The lowest BCUT2D eigenvalue weighted by Crippen LogP contribution is -2.12. The number of nitrogens with two attached hydrogens (primary N) is 1. The average Bonchev–Trinajstić information content (AvgIpc) is 2.70. The van der Waals surface area contributed by atoms with Crippen LogP contribution in [0.2, 0.25) is 0 Å². The maximum atomic E-state index is 11.3. The first kappa shape index (κ1) is 10.1. The van der Waals surface area contributed by atoms with Gasteiger partial charge in [-0.15, -0.1) is 11.3 Å². The monoisotopic (exact) mass is 222 g/mol. The SMILES string of the molecule is COc1ccc2sc(C(=O)CN)nc2c1. The Morgan fingerprint density at radius 3 is 3.07 bits per heavy atom. The van der Waals surface area contributed by atoms with Gasteiger partial charge in [0.1, 0.15) is 5.75 Å². The Morgan fingerprint density at radius 2 is 2.40 bits per heavy atom. The normalized spacial score (nSPS) is 10.5. The van der Waals surface area contributed by atoms with Crippen molar-refractivity contribution in [2.45, 2.75) is 0 Å². The molecular formula is C10H10N2O2S. The number of methoxy groups -OCH3 is 1. The van der Waals surface area contributed by atoms with E-state index >= 15 is 0 Å². The zero-order valence-electron chi connectivity index (χ0n) is 8.19. The molecule has 0 radical (unpaired) electrons. The van der Waals surface area contributed by atoms with Crippen LogP contribution in [0.15, 0.2) is 18.2 Å². The van der Waals surface area contributed by atoms with Gasteiger partial charge >= 0.3 is 0 Å². The molecule has 1 heterocycles. The molecule has 0 unspecified atom stereocenters. The van der Waals surface area contributed by atoms with E-state index in [1.54, 1.807) is 13.2 Å². The molecule has 0 atom stereocenters. The molecule has 78 valence electrons. The van der Waals surface area contributed by atoms with Crippen LogP contribution in [-0.4, -0.2) is 24.4 Å². The average molecular weight is 222 g/mol. The molecule has 1 aromatic heterocycles. The zero-order chi connectivity index (χ0) is 10.8. The van der Waals surface area contributed by atoms with Gasteiger partial charge in [0.15, 0.2) is 5.01 Å². The van der Waals surface area contributed by atoms with Crippen molar-refractivity contribution in [2.75, 3.05) is 13.7 Å². The number of fused-ring (bicyclic) bond motifs is 1. The summed E-state index contributed by atoms with van der Waals surface area (Å²) in [6.45, 7) is -0.00302. The molecule has 2 N–H and O–H groups in total. The third kappa shape index (κ3) is 1.84. The van der Waals surface area contributed by atoms with Gasteiger partial charge in [-0.05, 0) is 12.1 Å². The first-order valence-corrected chi connectivity index (χ1v) is 5.24. The van der Waals surface area contributed by atoms with E-state index in [-0.39, 0.29) is 12.3 Å². The van der Waals surface area contributed by atoms with Crippen molar-refractivity contribution in [1.82, 2.24) is 4.98 Å². The van der Waals surface area contributed by atoms with E-state index in [1.165, 1.54) is 11.3 Å². The summed E-state index contributed by atoms with van der Waals surface area (Å²) in [5.41, 5.74) is 6.05. The molecule has 5 heteroatoms. The summed E-state index contributed by atoms with van der Waals surface area (Å²) in [6, 6.07) is 5.54. The lowest BCUT2D eigenvalue weighted by molar-refractivity contribution is 0.100. The molecule has 0 aliphatic heterocycles. The van der Waals surface area contributed by atoms with Crippen molar-refractivity contribution in [2.24, 2.45) is 5.73 Å². The molecule has 2 aromatic rings. The Hall–Kier alpha value is -1.46. The van der Waals surface area contributed by atoms with Crippen molar-refractivity contribution in [3.05, 3.63) is 23.2 Å². The quantitative estimate of drug-likeness (QED) is 0.798. The molecule has 0 bridgehead atoms. The third-order valence-electron chi connectivity index (χ3n) is 2.02. The van der Waals surface area contributed by atoms with Crippen molar-refractivity contribution in [3.63, 3.8) is 0 Å². The van der Waals surface area contributed by atoms with E-state index in [0.717, 1.165) is 16.0 Å². The second kappa shape index (κ2) is 3.96. The van der Waals surface area contributed by atoms with Gasteiger partial charge in [0.05, 0.1) is 23.9 Å². The number of hydrogen-bond donors (Lipinski definition) is 1. The minimum absolute atomic E-state index is 0.00302. The van der Waals surface area contributed by atoms with Crippen molar-refractivity contribution in [3.8, 4) is 5.75 Å². The van der Waals surface area contributed by atoms with E-state index in [9.17, 15) is 4.79 Å². The smallest absolute Gasteiger partial charge is 0.204 e. The summed E-state index contributed by atoms with van der Waals surface area (Å²) in [5.74, 6) is 0.606. The first-order chi connectivity index (χ1) is 7.24. The highest BCUT2D eigenvalue weighted by atomic mass is 32.1. The van der Waals surface area contributed by atoms with Gasteiger partial charge in [-0.2, -0.15) is 0 Å². The molecule has 15 heavy (non-hydrogen) atoms. The van der Waals surface area contributed by atoms with Gasteiger partial charge in [0.25, 0.3) is 0 Å². The summed E-state index contributed by atoms with van der Waals surface area (Å²) in [6.07, 6.45) is 0. The summed E-state index contributed by atoms with van der Waals surface area (Å²) in [7, 11) is 1.60. The van der Waals surface area contributed by atoms with Crippen LogP contribution >= 0.6 is 11.3 Å².